The van der Waals surface area contributed by atoms with Crippen LogP contribution in [0.2, 0.25) is 0 Å². The maximum Gasteiger partial charge on any atom is 0.313 e. The number of aromatic hydroxyl groups is 1. The van der Waals surface area contributed by atoms with Gasteiger partial charge in [-0.1, -0.05) is 0 Å². The van der Waals surface area contributed by atoms with Crippen LogP contribution in [0.1, 0.15) is 23.2 Å². The summed E-state index contributed by atoms with van der Waals surface area (Å²) in [5.41, 5.74) is 1.51. The molecule has 0 radical (unpaired) electrons. The van der Waals surface area contributed by atoms with Gasteiger partial charge < -0.3 is 10.2 Å². The number of aliphatic imine (C=N–C) groups is 1. The van der Waals surface area contributed by atoms with Crippen LogP contribution in [0.3, 0.4) is 0 Å². The molecule has 1 atom stereocenters. The lowest BCUT2D eigenvalue weighted by molar-refractivity contribution is -0.253. The molecule has 1 aliphatic rings. The second kappa shape index (κ2) is 6.63. The number of nitrogens with zero attached hydrogens (tertiary/aromatic N) is 2. The van der Waals surface area contributed by atoms with Gasteiger partial charge in [-0.3, -0.25) is 20.0 Å². The van der Waals surface area contributed by atoms with Gasteiger partial charge in [0.05, 0.1) is 12.2 Å². The van der Waals surface area contributed by atoms with Crippen molar-refractivity contribution in [3.8, 4) is 5.75 Å². The number of aliphatic carboxylic acids is 1. The number of hydrogen-bond acceptors (Lipinski definition) is 6. The van der Waals surface area contributed by atoms with Crippen LogP contribution in [0, 0.1) is 12.8 Å². The first-order valence-corrected chi connectivity index (χ1v) is 6.50. The van der Waals surface area contributed by atoms with Gasteiger partial charge in [0, 0.05) is 29.5 Å². The zero-order valence-electron chi connectivity index (χ0n) is 11.8. The molecule has 8 heteroatoms. The van der Waals surface area contributed by atoms with Crippen LogP contribution >= 0.6 is 0 Å². The molecule has 1 aromatic heterocycles. The number of carboxylic acid groups (broad SMARTS) is 1. The van der Waals surface area contributed by atoms with Crippen molar-refractivity contribution in [2.45, 2.75) is 26.5 Å². The zero-order valence-corrected chi connectivity index (χ0v) is 11.8. The molecule has 3 N–H and O–H groups in total. The smallest absolute Gasteiger partial charge is 0.313 e. The van der Waals surface area contributed by atoms with Crippen molar-refractivity contribution >= 4 is 11.7 Å². The number of carboxylic acids is 1. The Hall–Kier alpha value is -2.32. The predicted octanol–water partition coefficient (Wildman–Crippen LogP) is 1.98. The van der Waals surface area contributed by atoms with Gasteiger partial charge in [0.15, 0.2) is 0 Å². The topological polar surface area (TPSA) is 112 Å². The SMILES string of the molecule is Cc1ncc(COO)c(CN=C2C=C(F)[C@H](C(=O)O)C2)c1O. The third-order valence-electron chi connectivity index (χ3n) is 3.44. The summed E-state index contributed by atoms with van der Waals surface area (Å²) >= 11 is 0. The second-order valence-corrected chi connectivity index (χ2v) is 4.90. The Morgan fingerprint density at radius 1 is 1.59 bits per heavy atom. The highest BCUT2D eigenvalue weighted by molar-refractivity contribution is 6.01. The molecule has 0 saturated carbocycles. The average Bonchev–Trinajstić information content (AvgIpc) is 2.84. The van der Waals surface area contributed by atoms with Crippen molar-refractivity contribution in [1.29, 1.82) is 0 Å². The number of pyridine rings is 1. The molecule has 0 aromatic carbocycles. The Morgan fingerprint density at radius 3 is 2.91 bits per heavy atom. The van der Waals surface area contributed by atoms with E-state index in [9.17, 15) is 14.3 Å². The lowest BCUT2D eigenvalue weighted by Gasteiger charge is -2.10. The van der Waals surface area contributed by atoms with Gasteiger partial charge in [-0.15, -0.1) is 0 Å². The number of halogens is 1. The molecule has 2 rings (SSSR count). The minimum Gasteiger partial charge on any atom is -0.506 e. The van der Waals surface area contributed by atoms with Crippen molar-refractivity contribution < 1.29 is 29.5 Å². The fourth-order valence-corrected chi connectivity index (χ4v) is 2.18. The van der Waals surface area contributed by atoms with Crippen LogP contribution in [0.4, 0.5) is 4.39 Å². The number of hydrogen-bond donors (Lipinski definition) is 3. The highest BCUT2D eigenvalue weighted by Crippen LogP contribution is 2.28. The quantitative estimate of drug-likeness (QED) is 0.566. The molecular formula is C14H15FN2O5. The van der Waals surface area contributed by atoms with Gasteiger partial charge in [-0.25, -0.2) is 9.28 Å². The Morgan fingerprint density at radius 2 is 2.32 bits per heavy atom. The number of aryl methyl sites for hydroxylation is 1. The van der Waals surface area contributed by atoms with E-state index >= 15 is 0 Å². The molecular weight excluding hydrogens is 295 g/mol. The van der Waals surface area contributed by atoms with Crippen LogP contribution in [0.25, 0.3) is 0 Å². The number of carbonyl (C=O) groups is 1. The lowest BCUT2D eigenvalue weighted by Crippen LogP contribution is -2.12. The van der Waals surface area contributed by atoms with E-state index in [2.05, 4.69) is 14.9 Å². The summed E-state index contributed by atoms with van der Waals surface area (Å²) in [6.45, 7) is 1.42. The molecule has 22 heavy (non-hydrogen) atoms. The summed E-state index contributed by atoms with van der Waals surface area (Å²) in [6, 6.07) is 0. The van der Waals surface area contributed by atoms with Crippen molar-refractivity contribution in [1.82, 2.24) is 4.98 Å². The first-order chi connectivity index (χ1) is 10.4. The highest BCUT2D eigenvalue weighted by atomic mass is 19.1. The molecule has 0 bridgehead atoms. The lowest BCUT2D eigenvalue weighted by atomic mass is 10.1. The molecule has 0 amide bonds. The third kappa shape index (κ3) is 3.29. The Kier molecular flexibility index (Phi) is 4.84. The first-order valence-electron chi connectivity index (χ1n) is 6.50. The summed E-state index contributed by atoms with van der Waals surface area (Å²) in [7, 11) is 0. The number of allylic oxidation sites excluding steroid dienone is 1. The normalized spacial score (nSPS) is 19.5. The Bertz CT molecular complexity index is 657. The molecule has 0 aliphatic heterocycles. The van der Waals surface area contributed by atoms with Gasteiger partial charge in [0.25, 0.3) is 0 Å². The van der Waals surface area contributed by atoms with E-state index in [0.717, 1.165) is 6.08 Å². The standard InChI is InChI=1S/C14H15FN2O5/c1-7-13(18)11(8(4-16-7)6-22-21)5-17-9-2-10(14(19)20)12(15)3-9/h3-4,10,18,21H,2,5-6H2,1H3,(H,19,20)/t10-/m1/s1. The molecule has 0 saturated heterocycles. The minimum absolute atomic E-state index is 0.000656. The first kappa shape index (κ1) is 16.1. The van der Waals surface area contributed by atoms with Gasteiger partial charge in [-0.2, -0.15) is 0 Å². The van der Waals surface area contributed by atoms with E-state index in [-0.39, 0.29) is 25.3 Å². The molecule has 1 heterocycles. The minimum atomic E-state index is -1.24. The summed E-state index contributed by atoms with van der Waals surface area (Å²) in [5.74, 6) is -3.26. The zero-order chi connectivity index (χ0) is 16.3. The van der Waals surface area contributed by atoms with Crippen molar-refractivity contribution in [2.75, 3.05) is 0 Å². The Labute approximate surface area is 125 Å². The van der Waals surface area contributed by atoms with Crippen molar-refractivity contribution in [2.24, 2.45) is 10.9 Å². The summed E-state index contributed by atoms with van der Waals surface area (Å²) in [6.07, 6.45) is 2.50. The van der Waals surface area contributed by atoms with Gasteiger partial charge in [-0.05, 0) is 13.0 Å². The molecule has 1 aromatic rings. The molecule has 1 aliphatic carbocycles. The van der Waals surface area contributed by atoms with Crippen LogP contribution < -0.4 is 0 Å². The van der Waals surface area contributed by atoms with E-state index in [4.69, 9.17) is 10.4 Å². The second-order valence-electron chi connectivity index (χ2n) is 4.90. The largest absolute Gasteiger partial charge is 0.506 e. The fourth-order valence-electron chi connectivity index (χ4n) is 2.18. The fraction of sp³-hybridized carbons (Fsp3) is 0.357. The maximum absolute atomic E-state index is 13.4. The molecule has 118 valence electrons. The van der Waals surface area contributed by atoms with E-state index < -0.39 is 17.7 Å². The number of aromatic nitrogens is 1. The molecule has 0 unspecified atom stereocenters. The van der Waals surface area contributed by atoms with Crippen LogP contribution in [0.15, 0.2) is 23.1 Å². The van der Waals surface area contributed by atoms with Gasteiger partial charge in [0.1, 0.15) is 24.1 Å². The summed E-state index contributed by atoms with van der Waals surface area (Å²) in [4.78, 5) is 23.0. The van der Waals surface area contributed by atoms with Gasteiger partial charge >= 0.3 is 5.97 Å². The monoisotopic (exact) mass is 310 g/mol. The Balaban J connectivity index is 2.23. The molecule has 0 fully saturated rings. The van der Waals surface area contributed by atoms with Gasteiger partial charge in [0.2, 0.25) is 0 Å². The summed E-state index contributed by atoms with van der Waals surface area (Å²) < 4.78 is 13.4. The maximum atomic E-state index is 13.4. The molecule has 7 nitrogen and oxygen atoms in total. The van der Waals surface area contributed by atoms with Crippen molar-refractivity contribution in [3.63, 3.8) is 0 Å². The van der Waals surface area contributed by atoms with E-state index in [0.29, 0.717) is 22.5 Å². The van der Waals surface area contributed by atoms with Crippen LogP contribution in [-0.2, 0) is 22.8 Å². The van der Waals surface area contributed by atoms with Crippen LogP contribution in [0.5, 0.6) is 5.75 Å². The highest BCUT2D eigenvalue weighted by Gasteiger charge is 2.30. The van der Waals surface area contributed by atoms with E-state index in [1.807, 2.05) is 0 Å². The summed E-state index contributed by atoms with van der Waals surface area (Å²) in [5, 5.41) is 27.4. The average molecular weight is 310 g/mol. The third-order valence-corrected chi connectivity index (χ3v) is 3.44. The number of rotatable bonds is 5. The van der Waals surface area contributed by atoms with Crippen molar-refractivity contribution in [3.05, 3.63) is 34.9 Å². The van der Waals surface area contributed by atoms with E-state index in [1.54, 1.807) is 6.92 Å². The van der Waals surface area contributed by atoms with E-state index in [1.165, 1.54) is 6.20 Å². The van der Waals surface area contributed by atoms with Crippen LogP contribution in [-0.4, -0.2) is 32.1 Å². The molecule has 0 spiro atoms. The predicted molar refractivity (Wildman–Crippen MR) is 74.1 cm³/mol.